The van der Waals surface area contributed by atoms with Crippen LogP contribution in [0.2, 0.25) is 5.02 Å². The Labute approximate surface area is 168 Å². The molecule has 0 saturated heterocycles. The van der Waals surface area contributed by atoms with Crippen molar-refractivity contribution in [2.75, 3.05) is 5.32 Å². The molecule has 5 heteroatoms. The van der Waals surface area contributed by atoms with E-state index in [-0.39, 0.29) is 5.91 Å². The molecule has 0 bridgehead atoms. The smallest absolute Gasteiger partial charge is 0.272 e. The molecule has 4 aromatic rings. The Hall–Kier alpha value is -3.24. The molecule has 4 nitrogen and oxygen atoms in total. The van der Waals surface area contributed by atoms with Crippen molar-refractivity contribution in [3.05, 3.63) is 95.1 Å². The van der Waals surface area contributed by atoms with Gasteiger partial charge in [-0.05, 0) is 48.0 Å². The lowest BCUT2D eigenvalue weighted by Crippen LogP contribution is -2.15. The van der Waals surface area contributed by atoms with Gasteiger partial charge in [0.1, 0.15) is 18.1 Å². The van der Waals surface area contributed by atoms with Crippen LogP contribution in [0.25, 0.3) is 10.9 Å². The average molecular weight is 391 g/mol. The summed E-state index contributed by atoms with van der Waals surface area (Å²) in [6, 6.07) is 24.8. The standard InChI is InChI=1S/C23H19ClN2O2/c1-26-21-9-5-8-20(24)19(21)14-22(26)23(27)25-17-10-12-18(13-11-17)28-15-16-6-3-2-4-7-16/h2-14H,15H2,1H3,(H,25,27). The lowest BCUT2D eigenvalue weighted by Gasteiger charge is -2.09. The topological polar surface area (TPSA) is 43.3 Å². The molecule has 1 aromatic heterocycles. The first-order valence-electron chi connectivity index (χ1n) is 8.94. The summed E-state index contributed by atoms with van der Waals surface area (Å²) in [5.74, 6) is 0.561. The van der Waals surface area contributed by atoms with Crippen molar-refractivity contribution in [2.45, 2.75) is 6.61 Å². The fourth-order valence-electron chi connectivity index (χ4n) is 3.11. The first-order chi connectivity index (χ1) is 13.6. The number of ether oxygens (including phenoxy) is 1. The van der Waals surface area contributed by atoms with E-state index in [0.29, 0.717) is 23.0 Å². The second kappa shape index (κ2) is 7.79. The normalized spacial score (nSPS) is 10.8. The average Bonchev–Trinajstić information content (AvgIpc) is 3.06. The molecule has 0 fully saturated rings. The van der Waals surface area contributed by atoms with Gasteiger partial charge < -0.3 is 14.6 Å². The van der Waals surface area contributed by atoms with Crippen LogP contribution in [0.5, 0.6) is 5.75 Å². The fourth-order valence-corrected chi connectivity index (χ4v) is 3.34. The number of fused-ring (bicyclic) bond motifs is 1. The summed E-state index contributed by atoms with van der Waals surface area (Å²) in [5.41, 5.74) is 3.28. The zero-order valence-electron chi connectivity index (χ0n) is 15.4. The van der Waals surface area contributed by atoms with E-state index in [0.717, 1.165) is 22.2 Å². The molecule has 1 heterocycles. The Morgan fingerprint density at radius 1 is 1.00 bits per heavy atom. The van der Waals surface area contributed by atoms with Crippen LogP contribution in [0.15, 0.2) is 78.9 Å². The van der Waals surface area contributed by atoms with Gasteiger partial charge in [-0.15, -0.1) is 0 Å². The molecule has 0 aliphatic heterocycles. The van der Waals surface area contributed by atoms with E-state index in [2.05, 4.69) is 5.32 Å². The minimum atomic E-state index is -0.187. The minimum Gasteiger partial charge on any atom is -0.489 e. The van der Waals surface area contributed by atoms with Gasteiger partial charge >= 0.3 is 0 Å². The van der Waals surface area contributed by atoms with Crippen molar-refractivity contribution in [2.24, 2.45) is 7.05 Å². The van der Waals surface area contributed by atoms with Gasteiger partial charge in [-0.3, -0.25) is 4.79 Å². The van der Waals surface area contributed by atoms with Crippen molar-refractivity contribution in [1.29, 1.82) is 0 Å². The summed E-state index contributed by atoms with van der Waals surface area (Å²) < 4.78 is 7.62. The molecule has 0 unspecified atom stereocenters. The summed E-state index contributed by atoms with van der Waals surface area (Å²) in [6.07, 6.45) is 0. The van der Waals surface area contributed by atoms with E-state index >= 15 is 0 Å². The number of rotatable bonds is 5. The van der Waals surface area contributed by atoms with Crippen LogP contribution in [0.3, 0.4) is 0 Å². The van der Waals surface area contributed by atoms with Crippen molar-refractivity contribution in [1.82, 2.24) is 4.57 Å². The van der Waals surface area contributed by atoms with Gasteiger partial charge in [-0.25, -0.2) is 0 Å². The number of carbonyl (C=O) groups is 1. The van der Waals surface area contributed by atoms with Crippen LogP contribution in [-0.4, -0.2) is 10.5 Å². The molecule has 28 heavy (non-hydrogen) atoms. The van der Waals surface area contributed by atoms with Gasteiger partial charge in [0, 0.05) is 28.7 Å². The first kappa shape index (κ1) is 18.1. The molecule has 0 atom stereocenters. The highest BCUT2D eigenvalue weighted by molar-refractivity contribution is 6.35. The van der Waals surface area contributed by atoms with Crippen LogP contribution in [0.1, 0.15) is 16.1 Å². The summed E-state index contributed by atoms with van der Waals surface area (Å²) >= 11 is 6.24. The third kappa shape index (κ3) is 3.73. The van der Waals surface area contributed by atoms with Gasteiger partial charge in [-0.2, -0.15) is 0 Å². The molecule has 0 spiro atoms. The molecule has 4 rings (SSSR count). The maximum absolute atomic E-state index is 12.7. The van der Waals surface area contributed by atoms with E-state index in [1.54, 1.807) is 0 Å². The number of hydrogen-bond donors (Lipinski definition) is 1. The van der Waals surface area contributed by atoms with Gasteiger partial charge in [-0.1, -0.05) is 48.0 Å². The summed E-state index contributed by atoms with van der Waals surface area (Å²) in [4.78, 5) is 12.7. The van der Waals surface area contributed by atoms with Gasteiger partial charge in [0.15, 0.2) is 0 Å². The molecule has 0 radical (unpaired) electrons. The Bertz CT molecular complexity index is 1120. The second-order valence-electron chi connectivity index (χ2n) is 6.51. The number of aryl methyl sites for hydroxylation is 1. The number of nitrogens with zero attached hydrogens (tertiary/aromatic N) is 1. The first-order valence-corrected chi connectivity index (χ1v) is 9.32. The Kier molecular flexibility index (Phi) is 5.04. The lowest BCUT2D eigenvalue weighted by molar-refractivity contribution is 0.101. The van der Waals surface area contributed by atoms with E-state index in [9.17, 15) is 4.79 Å². The number of carbonyl (C=O) groups excluding carboxylic acids is 1. The number of nitrogens with one attached hydrogen (secondary N) is 1. The highest BCUT2D eigenvalue weighted by Gasteiger charge is 2.15. The van der Waals surface area contributed by atoms with Crippen molar-refractivity contribution in [3.8, 4) is 5.75 Å². The van der Waals surface area contributed by atoms with Gasteiger partial charge in [0.2, 0.25) is 0 Å². The molecule has 1 amide bonds. The number of aromatic nitrogens is 1. The quantitative estimate of drug-likeness (QED) is 0.477. The lowest BCUT2D eigenvalue weighted by atomic mass is 10.2. The van der Waals surface area contributed by atoms with Crippen LogP contribution in [0, 0.1) is 0 Å². The number of amides is 1. The minimum absolute atomic E-state index is 0.187. The Morgan fingerprint density at radius 3 is 2.46 bits per heavy atom. The Balaban J connectivity index is 1.45. The number of benzene rings is 3. The van der Waals surface area contributed by atoms with Crippen molar-refractivity contribution < 1.29 is 9.53 Å². The van der Waals surface area contributed by atoms with Crippen molar-refractivity contribution in [3.63, 3.8) is 0 Å². The predicted octanol–water partition coefficient (Wildman–Crippen LogP) is 5.66. The molecule has 0 aliphatic rings. The SMILES string of the molecule is Cn1c(C(=O)Nc2ccc(OCc3ccccc3)cc2)cc2c(Cl)cccc21. The van der Waals surface area contributed by atoms with E-state index in [4.69, 9.17) is 16.3 Å². The largest absolute Gasteiger partial charge is 0.489 e. The zero-order valence-corrected chi connectivity index (χ0v) is 16.1. The molecular formula is C23H19ClN2O2. The third-order valence-electron chi connectivity index (χ3n) is 4.63. The summed E-state index contributed by atoms with van der Waals surface area (Å²) in [7, 11) is 1.86. The summed E-state index contributed by atoms with van der Waals surface area (Å²) in [5, 5.41) is 4.42. The van der Waals surface area contributed by atoms with Crippen molar-refractivity contribution >= 4 is 34.1 Å². The fraction of sp³-hybridized carbons (Fsp3) is 0.0870. The summed E-state index contributed by atoms with van der Waals surface area (Å²) in [6.45, 7) is 0.503. The van der Waals surface area contributed by atoms with Crippen LogP contribution < -0.4 is 10.1 Å². The molecular weight excluding hydrogens is 372 g/mol. The number of hydrogen-bond acceptors (Lipinski definition) is 2. The monoisotopic (exact) mass is 390 g/mol. The van der Waals surface area contributed by atoms with Gasteiger partial charge in [0.25, 0.3) is 5.91 Å². The molecule has 0 aliphatic carbocycles. The van der Waals surface area contributed by atoms with Gasteiger partial charge in [0.05, 0.1) is 0 Å². The highest BCUT2D eigenvalue weighted by atomic mass is 35.5. The van der Waals surface area contributed by atoms with E-state index in [1.807, 2.05) is 90.5 Å². The maximum Gasteiger partial charge on any atom is 0.272 e. The molecule has 140 valence electrons. The van der Waals surface area contributed by atoms with Crippen LogP contribution in [0.4, 0.5) is 5.69 Å². The predicted molar refractivity (Wildman–Crippen MR) is 113 cm³/mol. The molecule has 1 N–H and O–H groups in total. The molecule has 3 aromatic carbocycles. The highest BCUT2D eigenvalue weighted by Crippen LogP contribution is 2.27. The maximum atomic E-state index is 12.7. The van der Waals surface area contributed by atoms with Crippen LogP contribution >= 0.6 is 11.6 Å². The Morgan fingerprint density at radius 2 is 1.75 bits per heavy atom. The second-order valence-corrected chi connectivity index (χ2v) is 6.92. The molecule has 0 saturated carbocycles. The number of halogens is 1. The van der Waals surface area contributed by atoms with E-state index in [1.165, 1.54) is 0 Å². The van der Waals surface area contributed by atoms with E-state index < -0.39 is 0 Å². The number of anilines is 1. The third-order valence-corrected chi connectivity index (χ3v) is 4.96. The van der Waals surface area contributed by atoms with Crippen LogP contribution in [-0.2, 0) is 13.7 Å². The zero-order chi connectivity index (χ0) is 19.5.